The fourth-order valence-electron chi connectivity index (χ4n) is 3.62. The van der Waals surface area contributed by atoms with Crippen LogP contribution in [0, 0.1) is 11.3 Å². The van der Waals surface area contributed by atoms with Crippen molar-refractivity contribution in [1.82, 2.24) is 19.3 Å². The molecule has 0 aliphatic heterocycles. The zero-order valence-corrected chi connectivity index (χ0v) is 18.3. The van der Waals surface area contributed by atoms with Crippen molar-refractivity contribution in [3.63, 3.8) is 0 Å². The second kappa shape index (κ2) is 8.03. The summed E-state index contributed by atoms with van der Waals surface area (Å²) >= 11 is 6.08. The van der Waals surface area contributed by atoms with Crippen molar-refractivity contribution in [2.24, 2.45) is 0 Å². The Labute approximate surface area is 186 Å². The van der Waals surface area contributed by atoms with Gasteiger partial charge < -0.3 is 4.57 Å². The van der Waals surface area contributed by atoms with Crippen LogP contribution in [0.3, 0.4) is 0 Å². The van der Waals surface area contributed by atoms with Gasteiger partial charge in [-0.2, -0.15) is 23.2 Å². The molecule has 0 unspecified atom stereocenters. The topological polar surface area (TPSA) is 101 Å². The first-order chi connectivity index (χ1) is 15.0. The van der Waals surface area contributed by atoms with Gasteiger partial charge in [-0.1, -0.05) is 11.6 Å². The Bertz CT molecular complexity index is 1330. The molecule has 3 aromatic rings. The van der Waals surface area contributed by atoms with Gasteiger partial charge in [0.2, 0.25) is 10.0 Å². The molecule has 1 saturated carbocycles. The molecule has 1 aliphatic rings. The van der Waals surface area contributed by atoms with Gasteiger partial charge in [0, 0.05) is 23.8 Å². The normalized spacial score (nSPS) is 16.0. The first-order valence-corrected chi connectivity index (χ1v) is 11.5. The van der Waals surface area contributed by atoms with Crippen LogP contribution in [0.25, 0.3) is 22.3 Å². The van der Waals surface area contributed by atoms with Crippen LogP contribution in [-0.4, -0.2) is 35.2 Å². The van der Waals surface area contributed by atoms with Crippen molar-refractivity contribution in [3.8, 4) is 17.5 Å². The van der Waals surface area contributed by atoms with E-state index >= 15 is 0 Å². The number of nitrogens with one attached hydrogen (secondary N) is 1. The molecule has 0 bridgehead atoms. The molecule has 32 heavy (non-hydrogen) atoms. The molecule has 4 rings (SSSR count). The van der Waals surface area contributed by atoms with Crippen LogP contribution in [0.5, 0.6) is 0 Å². The standard InChI is InChI=1S/C20H17ClF3N5O2S/c1-11(20(22,23)24)28-32(30,31)13-5-6-16(26-9-13)19-14(8-25)15-10-27-18(21)7-17(15)29(19)12-3-2-4-12/h5-7,9-12,28H,2-4H2,1H3/t11-/m0/s1. The summed E-state index contributed by atoms with van der Waals surface area (Å²) in [5.41, 5.74) is 1.86. The van der Waals surface area contributed by atoms with Crippen LogP contribution in [-0.2, 0) is 10.0 Å². The van der Waals surface area contributed by atoms with E-state index in [0.717, 1.165) is 37.9 Å². The van der Waals surface area contributed by atoms with Crippen molar-refractivity contribution in [3.05, 3.63) is 41.3 Å². The van der Waals surface area contributed by atoms with Crippen molar-refractivity contribution in [2.45, 2.75) is 49.3 Å². The van der Waals surface area contributed by atoms with Gasteiger partial charge in [0.25, 0.3) is 0 Å². The highest BCUT2D eigenvalue weighted by molar-refractivity contribution is 7.89. The van der Waals surface area contributed by atoms with E-state index in [1.165, 1.54) is 18.3 Å². The van der Waals surface area contributed by atoms with E-state index in [1.54, 1.807) is 10.8 Å². The number of halogens is 4. The molecule has 7 nitrogen and oxygen atoms in total. The highest BCUT2D eigenvalue weighted by Crippen LogP contribution is 2.42. The SMILES string of the molecule is C[C@H](NS(=O)(=O)c1ccc(-c2c(C#N)c3cnc(Cl)cc3n2C2CCC2)nc1)C(F)(F)F. The smallest absolute Gasteiger partial charge is 0.335 e. The molecule has 12 heteroatoms. The number of alkyl halides is 3. The first kappa shape index (κ1) is 22.5. The van der Waals surface area contributed by atoms with Crippen LogP contribution < -0.4 is 4.72 Å². The number of pyridine rings is 2. The Balaban J connectivity index is 1.80. The highest BCUT2D eigenvalue weighted by Gasteiger charge is 2.39. The molecule has 0 radical (unpaired) electrons. The summed E-state index contributed by atoms with van der Waals surface area (Å²) in [4.78, 5) is 7.84. The monoisotopic (exact) mass is 483 g/mol. The summed E-state index contributed by atoms with van der Waals surface area (Å²) in [6, 6.07) is 4.25. The van der Waals surface area contributed by atoms with Gasteiger partial charge in [-0.25, -0.2) is 13.4 Å². The molecule has 0 saturated heterocycles. The lowest BCUT2D eigenvalue weighted by atomic mass is 9.92. The van der Waals surface area contributed by atoms with E-state index in [0.29, 0.717) is 22.3 Å². The van der Waals surface area contributed by atoms with Crippen LogP contribution in [0.2, 0.25) is 5.15 Å². The molecule has 0 aromatic carbocycles. The van der Waals surface area contributed by atoms with E-state index < -0.39 is 27.1 Å². The quantitative estimate of drug-likeness (QED) is 0.535. The molecule has 1 N–H and O–H groups in total. The zero-order valence-electron chi connectivity index (χ0n) is 16.7. The van der Waals surface area contributed by atoms with E-state index in [-0.39, 0.29) is 11.2 Å². The number of sulfonamides is 1. The van der Waals surface area contributed by atoms with E-state index in [2.05, 4.69) is 16.0 Å². The van der Waals surface area contributed by atoms with Gasteiger partial charge in [-0.05, 0) is 44.4 Å². The fourth-order valence-corrected chi connectivity index (χ4v) is 4.94. The highest BCUT2D eigenvalue weighted by atomic mass is 35.5. The second-order valence-corrected chi connectivity index (χ2v) is 9.68. The minimum absolute atomic E-state index is 0.118. The van der Waals surface area contributed by atoms with Gasteiger partial charge in [-0.15, -0.1) is 0 Å². The summed E-state index contributed by atoms with van der Waals surface area (Å²) in [6.45, 7) is 0.717. The molecule has 3 heterocycles. The molecular weight excluding hydrogens is 467 g/mol. The van der Waals surface area contributed by atoms with Crippen molar-refractivity contribution in [2.75, 3.05) is 0 Å². The number of rotatable bonds is 5. The van der Waals surface area contributed by atoms with Gasteiger partial charge in [-0.3, -0.25) is 4.98 Å². The van der Waals surface area contributed by atoms with Crippen LogP contribution in [0.4, 0.5) is 13.2 Å². The van der Waals surface area contributed by atoms with Crippen molar-refractivity contribution >= 4 is 32.5 Å². The maximum absolute atomic E-state index is 12.8. The first-order valence-electron chi connectivity index (χ1n) is 9.68. The largest absolute Gasteiger partial charge is 0.404 e. The Morgan fingerprint density at radius 2 is 2.00 bits per heavy atom. The lowest BCUT2D eigenvalue weighted by molar-refractivity contribution is -0.147. The Kier molecular flexibility index (Phi) is 5.65. The number of fused-ring (bicyclic) bond motifs is 1. The maximum Gasteiger partial charge on any atom is 0.404 e. The molecule has 1 atom stereocenters. The zero-order chi connectivity index (χ0) is 23.3. The predicted octanol–water partition coefficient (Wildman–Crippen LogP) is 4.58. The third kappa shape index (κ3) is 3.94. The minimum Gasteiger partial charge on any atom is -0.335 e. The molecule has 3 aromatic heterocycles. The summed E-state index contributed by atoms with van der Waals surface area (Å²) in [6.07, 6.45) is 0.589. The van der Waals surface area contributed by atoms with Gasteiger partial charge in [0.05, 0.1) is 22.5 Å². The van der Waals surface area contributed by atoms with Crippen LogP contribution >= 0.6 is 11.6 Å². The average molecular weight is 484 g/mol. The van der Waals surface area contributed by atoms with Crippen molar-refractivity contribution in [1.29, 1.82) is 5.26 Å². The second-order valence-electron chi connectivity index (χ2n) is 7.58. The molecule has 1 aliphatic carbocycles. The number of hydrogen-bond donors (Lipinski definition) is 1. The minimum atomic E-state index is -4.72. The van der Waals surface area contributed by atoms with Gasteiger partial charge in [0.15, 0.2) is 0 Å². The summed E-state index contributed by atoms with van der Waals surface area (Å²) < 4.78 is 66.5. The third-order valence-corrected chi connectivity index (χ3v) is 7.25. The predicted molar refractivity (Wildman–Crippen MR) is 111 cm³/mol. The van der Waals surface area contributed by atoms with Gasteiger partial charge in [0.1, 0.15) is 22.2 Å². The van der Waals surface area contributed by atoms with Crippen LogP contribution in [0.1, 0.15) is 37.8 Å². The third-order valence-electron chi connectivity index (χ3n) is 5.52. The number of aromatic nitrogens is 3. The van der Waals surface area contributed by atoms with Crippen LogP contribution in [0.15, 0.2) is 35.5 Å². The lowest BCUT2D eigenvalue weighted by Gasteiger charge is -2.30. The number of nitriles is 1. The Morgan fingerprint density at radius 3 is 2.53 bits per heavy atom. The van der Waals surface area contributed by atoms with E-state index in [1.807, 2.05) is 4.57 Å². The molecule has 0 spiro atoms. The van der Waals surface area contributed by atoms with E-state index in [9.17, 15) is 26.9 Å². The summed E-state index contributed by atoms with van der Waals surface area (Å²) in [5.74, 6) is 0. The Hall–Kier alpha value is -2.68. The molecule has 1 fully saturated rings. The summed E-state index contributed by atoms with van der Waals surface area (Å²) in [7, 11) is -4.44. The Morgan fingerprint density at radius 1 is 1.28 bits per heavy atom. The number of hydrogen-bond acceptors (Lipinski definition) is 5. The molecule has 168 valence electrons. The lowest BCUT2D eigenvalue weighted by Crippen LogP contribution is -2.42. The fraction of sp³-hybridized carbons (Fsp3) is 0.350. The maximum atomic E-state index is 12.8. The van der Waals surface area contributed by atoms with Gasteiger partial charge >= 0.3 is 6.18 Å². The number of nitrogens with zero attached hydrogens (tertiary/aromatic N) is 4. The summed E-state index contributed by atoms with van der Waals surface area (Å²) in [5, 5.41) is 10.7. The molecule has 0 amide bonds. The van der Waals surface area contributed by atoms with E-state index in [4.69, 9.17) is 11.6 Å². The molecular formula is C20H17ClF3N5O2S. The van der Waals surface area contributed by atoms with Crippen molar-refractivity contribution < 1.29 is 21.6 Å². The average Bonchev–Trinajstić information content (AvgIpc) is 2.99.